The van der Waals surface area contributed by atoms with Gasteiger partial charge in [0.1, 0.15) is 0 Å². The first kappa shape index (κ1) is 16.5. The van der Waals surface area contributed by atoms with Gasteiger partial charge >= 0.3 is 6.09 Å². The van der Waals surface area contributed by atoms with Gasteiger partial charge in [0, 0.05) is 4.88 Å². The second-order valence-corrected chi connectivity index (χ2v) is 7.50. The van der Waals surface area contributed by atoms with Gasteiger partial charge in [0.05, 0.1) is 18.0 Å². The van der Waals surface area contributed by atoms with Crippen molar-refractivity contribution in [2.75, 3.05) is 6.61 Å². The number of hydrogen-bond acceptors (Lipinski definition) is 5. The van der Waals surface area contributed by atoms with Crippen molar-refractivity contribution >= 4 is 27.5 Å². The Morgan fingerprint density at radius 1 is 1.23 bits per heavy atom. The molecule has 1 aromatic heterocycles. The molecule has 0 N–H and O–H groups in total. The van der Waals surface area contributed by atoms with Crippen molar-refractivity contribution in [3.8, 4) is 0 Å². The van der Waals surface area contributed by atoms with Crippen LogP contribution in [0.3, 0.4) is 0 Å². The molecule has 0 aliphatic rings. The Morgan fingerprint density at radius 2 is 1.91 bits per heavy atom. The summed E-state index contributed by atoms with van der Waals surface area (Å²) in [5, 5.41) is 1.83. The third-order valence-electron chi connectivity index (χ3n) is 2.96. The lowest BCUT2D eigenvalue weighted by molar-refractivity contribution is 0.130. The van der Waals surface area contributed by atoms with E-state index in [2.05, 4.69) is 0 Å². The lowest BCUT2D eigenvalue weighted by atomic mass is 10.2. The number of amides is 1. The molecule has 1 amide bonds. The van der Waals surface area contributed by atoms with Crippen LogP contribution >= 0.6 is 11.3 Å². The summed E-state index contributed by atoms with van der Waals surface area (Å²) in [4.78, 5) is 12.9. The van der Waals surface area contributed by atoms with E-state index in [1.807, 2.05) is 18.4 Å². The van der Waals surface area contributed by atoms with Crippen molar-refractivity contribution < 1.29 is 17.9 Å². The van der Waals surface area contributed by atoms with Crippen LogP contribution in [0.2, 0.25) is 0 Å². The highest BCUT2D eigenvalue weighted by molar-refractivity contribution is 7.89. The maximum atomic E-state index is 12.7. The van der Waals surface area contributed by atoms with Gasteiger partial charge in [-0.25, -0.2) is 13.2 Å². The van der Waals surface area contributed by atoms with Crippen LogP contribution in [0, 0.1) is 6.92 Å². The highest BCUT2D eigenvalue weighted by Crippen LogP contribution is 2.21. The monoisotopic (exact) mass is 339 g/mol. The van der Waals surface area contributed by atoms with Gasteiger partial charge in [0.15, 0.2) is 0 Å². The second kappa shape index (κ2) is 6.93. The fourth-order valence-electron chi connectivity index (χ4n) is 1.82. The molecule has 22 heavy (non-hydrogen) atoms. The predicted molar refractivity (Wildman–Crippen MR) is 85.2 cm³/mol. The molecule has 5 nitrogen and oxygen atoms in total. The summed E-state index contributed by atoms with van der Waals surface area (Å²) in [6.45, 7) is 3.58. The number of aryl methyl sites for hydroxylation is 1. The summed E-state index contributed by atoms with van der Waals surface area (Å²) in [5.41, 5.74) is 0.944. The molecule has 0 aliphatic carbocycles. The predicted octanol–water partition coefficient (Wildman–Crippen LogP) is 3.40. The molecular formula is C15H17NO4S2. The van der Waals surface area contributed by atoms with E-state index in [4.69, 9.17) is 4.74 Å². The molecule has 0 fully saturated rings. The zero-order valence-corrected chi connectivity index (χ0v) is 14.0. The quantitative estimate of drug-likeness (QED) is 0.837. The fourth-order valence-corrected chi connectivity index (χ4v) is 3.89. The number of rotatable bonds is 5. The zero-order chi connectivity index (χ0) is 16.2. The standard InChI is InChI=1S/C15H17NO4S2/c1-3-20-15(17)16(11-13-5-4-10-21-13)22(18,19)14-8-6-12(2)7-9-14/h4-10H,3,11H2,1-2H3. The number of ether oxygens (including phenoxy) is 1. The van der Waals surface area contributed by atoms with Crippen LogP contribution in [0.1, 0.15) is 17.4 Å². The van der Waals surface area contributed by atoms with Crippen molar-refractivity contribution in [1.82, 2.24) is 4.31 Å². The summed E-state index contributed by atoms with van der Waals surface area (Å²) in [6.07, 6.45) is -0.864. The summed E-state index contributed by atoms with van der Waals surface area (Å²) in [5.74, 6) is 0. The Labute approximate surface area is 134 Å². The van der Waals surface area contributed by atoms with Gasteiger partial charge in [-0.3, -0.25) is 0 Å². The van der Waals surface area contributed by atoms with E-state index >= 15 is 0 Å². The topological polar surface area (TPSA) is 63.7 Å². The molecule has 0 unspecified atom stereocenters. The van der Waals surface area contributed by atoms with Crippen molar-refractivity contribution in [3.05, 3.63) is 52.2 Å². The molecular weight excluding hydrogens is 322 g/mol. The highest BCUT2D eigenvalue weighted by Gasteiger charge is 2.30. The third kappa shape index (κ3) is 3.66. The lowest BCUT2D eigenvalue weighted by Crippen LogP contribution is -2.36. The lowest BCUT2D eigenvalue weighted by Gasteiger charge is -2.21. The fraction of sp³-hybridized carbons (Fsp3) is 0.267. The van der Waals surface area contributed by atoms with Crippen LogP contribution in [0.15, 0.2) is 46.7 Å². The second-order valence-electron chi connectivity index (χ2n) is 4.60. The van der Waals surface area contributed by atoms with Crippen LogP contribution < -0.4 is 0 Å². The molecule has 0 saturated heterocycles. The number of carbonyl (C=O) groups is 1. The largest absolute Gasteiger partial charge is 0.449 e. The molecule has 0 bridgehead atoms. The number of sulfonamides is 1. The molecule has 2 aromatic rings. The van der Waals surface area contributed by atoms with E-state index in [1.54, 1.807) is 25.1 Å². The van der Waals surface area contributed by atoms with Gasteiger partial charge in [-0.1, -0.05) is 23.8 Å². The van der Waals surface area contributed by atoms with Crippen LogP contribution in [0.4, 0.5) is 4.79 Å². The minimum Gasteiger partial charge on any atom is -0.449 e. The number of thiophene rings is 1. The van der Waals surface area contributed by atoms with Crippen molar-refractivity contribution in [2.45, 2.75) is 25.3 Å². The molecule has 0 atom stereocenters. The number of hydrogen-bond donors (Lipinski definition) is 0. The van der Waals surface area contributed by atoms with E-state index in [9.17, 15) is 13.2 Å². The number of nitrogens with zero attached hydrogens (tertiary/aromatic N) is 1. The molecule has 0 radical (unpaired) electrons. The minimum atomic E-state index is -3.95. The van der Waals surface area contributed by atoms with Gasteiger partial charge in [0.25, 0.3) is 10.0 Å². The Kier molecular flexibility index (Phi) is 5.20. The Bertz CT molecular complexity index is 721. The van der Waals surface area contributed by atoms with E-state index < -0.39 is 16.1 Å². The molecule has 0 spiro atoms. The summed E-state index contributed by atoms with van der Waals surface area (Å²) < 4.78 is 31.1. The first-order valence-electron chi connectivity index (χ1n) is 6.73. The van der Waals surface area contributed by atoms with Crippen molar-refractivity contribution in [1.29, 1.82) is 0 Å². The van der Waals surface area contributed by atoms with Gasteiger partial charge < -0.3 is 4.74 Å². The van der Waals surface area contributed by atoms with Crippen LogP contribution in [0.5, 0.6) is 0 Å². The summed E-state index contributed by atoms with van der Waals surface area (Å²) in [7, 11) is -3.95. The Hall–Kier alpha value is -1.86. The SMILES string of the molecule is CCOC(=O)N(Cc1cccs1)S(=O)(=O)c1ccc(C)cc1. The Balaban J connectivity index is 2.38. The van der Waals surface area contributed by atoms with Gasteiger partial charge in [-0.15, -0.1) is 11.3 Å². The Morgan fingerprint density at radius 3 is 2.45 bits per heavy atom. The first-order valence-corrected chi connectivity index (χ1v) is 9.05. The van der Waals surface area contributed by atoms with Gasteiger partial charge in [-0.05, 0) is 37.4 Å². The van der Waals surface area contributed by atoms with Crippen molar-refractivity contribution in [2.24, 2.45) is 0 Å². The molecule has 0 saturated carbocycles. The number of benzene rings is 1. The highest BCUT2D eigenvalue weighted by atomic mass is 32.2. The van der Waals surface area contributed by atoms with Crippen LogP contribution in [0.25, 0.3) is 0 Å². The first-order chi connectivity index (χ1) is 10.4. The van der Waals surface area contributed by atoms with Gasteiger partial charge in [-0.2, -0.15) is 4.31 Å². The van der Waals surface area contributed by atoms with Crippen LogP contribution in [-0.2, 0) is 21.3 Å². The third-order valence-corrected chi connectivity index (χ3v) is 5.55. The molecule has 118 valence electrons. The maximum Gasteiger partial charge on any atom is 0.424 e. The van der Waals surface area contributed by atoms with E-state index in [1.165, 1.54) is 23.5 Å². The molecule has 0 aliphatic heterocycles. The average Bonchev–Trinajstić information content (AvgIpc) is 2.98. The minimum absolute atomic E-state index is 0.0350. The molecule has 2 rings (SSSR count). The average molecular weight is 339 g/mol. The smallest absolute Gasteiger partial charge is 0.424 e. The molecule has 1 aromatic carbocycles. The number of carbonyl (C=O) groups excluding carboxylic acids is 1. The normalized spacial score (nSPS) is 11.2. The zero-order valence-electron chi connectivity index (χ0n) is 12.4. The molecule has 7 heteroatoms. The van der Waals surface area contributed by atoms with Gasteiger partial charge in [0.2, 0.25) is 0 Å². The van der Waals surface area contributed by atoms with Crippen molar-refractivity contribution in [3.63, 3.8) is 0 Å². The van der Waals surface area contributed by atoms with E-state index in [0.717, 1.165) is 14.7 Å². The summed E-state index contributed by atoms with van der Waals surface area (Å²) >= 11 is 1.39. The van der Waals surface area contributed by atoms with Crippen LogP contribution in [-0.4, -0.2) is 25.4 Å². The summed E-state index contributed by atoms with van der Waals surface area (Å²) in [6, 6.07) is 9.96. The van der Waals surface area contributed by atoms with E-state index in [-0.39, 0.29) is 18.0 Å². The van der Waals surface area contributed by atoms with E-state index in [0.29, 0.717) is 0 Å². The maximum absolute atomic E-state index is 12.7. The molecule has 1 heterocycles.